The highest BCUT2D eigenvalue weighted by Crippen LogP contribution is 2.08. The van der Waals surface area contributed by atoms with E-state index in [1.54, 1.807) is 31.2 Å². The van der Waals surface area contributed by atoms with Crippen molar-refractivity contribution in [1.82, 2.24) is 0 Å². The number of Topliss-reactive ketones (excluding diaryl/α,β-unsaturated/α-hetero) is 1. The van der Waals surface area contributed by atoms with E-state index in [-0.39, 0.29) is 29.7 Å². The molecule has 0 radical (unpaired) electrons. The minimum Gasteiger partial charge on any atom is -0.466 e. The number of hydrogen-bond donors (Lipinski definition) is 0. The maximum Gasteiger partial charge on any atom is 0.306 e. The van der Waals surface area contributed by atoms with Crippen molar-refractivity contribution in [3.63, 3.8) is 0 Å². The first-order chi connectivity index (χ1) is 10.5. The van der Waals surface area contributed by atoms with Gasteiger partial charge in [-0.2, -0.15) is 0 Å². The molecule has 0 fully saturated rings. The van der Waals surface area contributed by atoms with Crippen molar-refractivity contribution < 1.29 is 19.1 Å². The minimum absolute atomic E-state index is 0.0387. The first-order valence-corrected chi connectivity index (χ1v) is 7.92. The molecule has 22 heavy (non-hydrogen) atoms. The second-order valence-electron chi connectivity index (χ2n) is 4.39. The Morgan fingerprint density at radius 3 is 2.41 bits per heavy atom. The van der Waals surface area contributed by atoms with Gasteiger partial charge in [-0.3, -0.25) is 14.4 Å². The van der Waals surface area contributed by atoms with E-state index >= 15 is 0 Å². The Labute approximate surface area is 134 Å². The van der Waals surface area contributed by atoms with Crippen LogP contribution in [0.15, 0.2) is 24.3 Å². The number of benzene rings is 1. The van der Waals surface area contributed by atoms with Gasteiger partial charge in [0, 0.05) is 24.5 Å². The van der Waals surface area contributed by atoms with Crippen molar-refractivity contribution in [3.05, 3.63) is 35.4 Å². The Balaban J connectivity index is 2.51. The van der Waals surface area contributed by atoms with Crippen LogP contribution in [0.4, 0.5) is 0 Å². The molecule has 1 rings (SSSR count). The Kier molecular flexibility index (Phi) is 8.01. The predicted octanol–water partition coefficient (Wildman–Crippen LogP) is 2.84. The lowest BCUT2D eigenvalue weighted by molar-refractivity contribution is -0.143. The van der Waals surface area contributed by atoms with Gasteiger partial charge < -0.3 is 4.74 Å². The molecule has 0 unspecified atom stereocenters. The Hall–Kier alpha value is -2.06. The second-order valence-corrected chi connectivity index (χ2v) is 5.54. The van der Waals surface area contributed by atoms with Crippen LogP contribution in [0.25, 0.3) is 0 Å². The maximum atomic E-state index is 11.9. The third kappa shape index (κ3) is 7.09. The number of thioether (sulfide) groups is 1. The van der Waals surface area contributed by atoms with Crippen molar-refractivity contribution in [1.29, 1.82) is 0 Å². The quantitative estimate of drug-likeness (QED) is 0.458. The zero-order chi connectivity index (χ0) is 16.4. The van der Waals surface area contributed by atoms with Crippen LogP contribution in [0, 0.1) is 11.8 Å². The van der Waals surface area contributed by atoms with Crippen LogP contribution < -0.4 is 0 Å². The van der Waals surface area contributed by atoms with Crippen molar-refractivity contribution in [2.75, 3.05) is 12.4 Å². The summed E-state index contributed by atoms with van der Waals surface area (Å²) in [6, 6.07) is 6.89. The summed E-state index contributed by atoms with van der Waals surface area (Å²) in [7, 11) is 0. The highest BCUT2D eigenvalue weighted by Gasteiger charge is 2.09. The third-order valence-corrected chi connectivity index (χ3v) is 3.34. The number of ether oxygens (including phenoxy) is 1. The number of esters is 1. The molecule has 0 saturated carbocycles. The SMILES string of the molecule is CCOC(=O)CCC(=O)c1ccc(C#CCSC(C)=O)cc1. The molecule has 0 heterocycles. The molecule has 0 aliphatic carbocycles. The lowest BCUT2D eigenvalue weighted by atomic mass is 10.0. The van der Waals surface area contributed by atoms with Crippen LogP contribution >= 0.6 is 11.8 Å². The van der Waals surface area contributed by atoms with E-state index in [1.807, 2.05) is 0 Å². The fourth-order valence-corrected chi connectivity index (χ4v) is 1.96. The normalized spacial score (nSPS) is 9.55. The van der Waals surface area contributed by atoms with E-state index in [4.69, 9.17) is 4.74 Å². The molecule has 0 aliphatic rings. The van der Waals surface area contributed by atoms with E-state index in [9.17, 15) is 14.4 Å². The Morgan fingerprint density at radius 1 is 1.14 bits per heavy atom. The highest BCUT2D eigenvalue weighted by molar-refractivity contribution is 8.13. The van der Waals surface area contributed by atoms with E-state index in [2.05, 4.69) is 11.8 Å². The summed E-state index contributed by atoms with van der Waals surface area (Å²) in [4.78, 5) is 33.9. The molecule has 0 saturated heterocycles. The van der Waals surface area contributed by atoms with Gasteiger partial charge in [-0.15, -0.1) is 0 Å². The summed E-state index contributed by atoms with van der Waals surface area (Å²) in [6.07, 6.45) is 0.232. The number of carbonyl (C=O) groups is 3. The zero-order valence-corrected chi connectivity index (χ0v) is 13.5. The monoisotopic (exact) mass is 318 g/mol. The summed E-state index contributed by atoms with van der Waals surface area (Å²) in [5.41, 5.74) is 1.33. The largest absolute Gasteiger partial charge is 0.466 e. The average Bonchev–Trinajstić information content (AvgIpc) is 2.50. The second kappa shape index (κ2) is 9.80. The van der Waals surface area contributed by atoms with Crippen molar-refractivity contribution in [2.24, 2.45) is 0 Å². The van der Waals surface area contributed by atoms with Gasteiger partial charge >= 0.3 is 5.97 Å². The maximum absolute atomic E-state index is 11.9. The topological polar surface area (TPSA) is 60.4 Å². The van der Waals surface area contributed by atoms with Gasteiger partial charge in [-0.05, 0) is 19.1 Å². The van der Waals surface area contributed by atoms with Crippen LogP contribution in [-0.4, -0.2) is 29.2 Å². The molecular formula is C17H18O4S. The number of carbonyl (C=O) groups excluding carboxylic acids is 3. The molecule has 0 N–H and O–H groups in total. The molecule has 0 spiro atoms. The molecule has 0 aromatic heterocycles. The standard InChI is InChI=1S/C17H18O4S/c1-3-21-17(20)11-10-16(19)15-8-6-14(7-9-15)5-4-12-22-13(2)18/h6-9H,3,10-12H2,1-2H3. The third-order valence-electron chi connectivity index (χ3n) is 2.65. The summed E-state index contributed by atoms with van der Waals surface area (Å²) in [5, 5.41) is 0.0387. The number of ketones is 1. The molecule has 5 heteroatoms. The van der Waals surface area contributed by atoms with Gasteiger partial charge in [-0.25, -0.2) is 0 Å². The Bertz CT molecular complexity index is 593. The van der Waals surface area contributed by atoms with Crippen molar-refractivity contribution in [2.45, 2.75) is 26.7 Å². The summed E-state index contributed by atoms with van der Waals surface area (Å²) >= 11 is 1.16. The molecular weight excluding hydrogens is 300 g/mol. The van der Waals surface area contributed by atoms with E-state index in [1.165, 1.54) is 6.92 Å². The number of hydrogen-bond acceptors (Lipinski definition) is 5. The van der Waals surface area contributed by atoms with Crippen LogP contribution in [0.2, 0.25) is 0 Å². The lowest BCUT2D eigenvalue weighted by Crippen LogP contribution is -2.07. The zero-order valence-electron chi connectivity index (χ0n) is 12.7. The fourth-order valence-electron chi connectivity index (χ4n) is 1.61. The van der Waals surface area contributed by atoms with E-state index in [0.29, 0.717) is 17.9 Å². The van der Waals surface area contributed by atoms with E-state index < -0.39 is 0 Å². The van der Waals surface area contributed by atoms with Crippen LogP contribution in [0.1, 0.15) is 42.6 Å². The average molecular weight is 318 g/mol. The molecule has 4 nitrogen and oxygen atoms in total. The smallest absolute Gasteiger partial charge is 0.306 e. The van der Waals surface area contributed by atoms with Gasteiger partial charge in [0.15, 0.2) is 10.9 Å². The van der Waals surface area contributed by atoms with Crippen LogP contribution in [-0.2, 0) is 14.3 Å². The molecule has 0 atom stereocenters. The van der Waals surface area contributed by atoms with Gasteiger partial charge in [0.1, 0.15) is 0 Å². The molecule has 1 aromatic rings. The van der Waals surface area contributed by atoms with Gasteiger partial charge in [-0.1, -0.05) is 35.7 Å². The fraction of sp³-hybridized carbons (Fsp3) is 0.353. The molecule has 0 amide bonds. The van der Waals surface area contributed by atoms with E-state index in [0.717, 1.165) is 17.3 Å². The van der Waals surface area contributed by atoms with Gasteiger partial charge in [0.05, 0.1) is 18.8 Å². The minimum atomic E-state index is -0.360. The van der Waals surface area contributed by atoms with Crippen LogP contribution in [0.3, 0.4) is 0 Å². The van der Waals surface area contributed by atoms with Crippen molar-refractivity contribution >= 4 is 28.6 Å². The highest BCUT2D eigenvalue weighted by atomic mass is 32.2. The summed E-state index contributed by atoms with van der Waals surface area (Å²) < 4.78 is 4.78. The first-order valence-electron chi connectivity index (χ1n) is 6.94. The van der Waals surface area contributed by atoms with Gasteiger partial charge in [0.25, 0.3) is 0 Å². The predicted molar refractivity (Wildman–Crippen MR) is 86.7 cm³/mol. The molecule has 0 aliphatic heterocycles. The summed E-state index contributed by atoms with van der Waals surface area (Å²) in [5.74, 6) is 5.80. The lowest BCUT2D eigenvalue weighted by Gasteiger charge is -2.02. The molecule has 0 bridgehead atoms. The first kappa shape index (κ1) is 18.0. The molecule has 116 valence electrons. The van der Waals surface area contributed by atoms with Gasteiger partial charge in [0.2, 0.25) is 0 Å². The summed E-state index contributed by atoms with van der Waals surface area (Å²) in [6.45, 7) is 3.56. The van der Waals surface area contributed by atoms with Crippen LogP contribution in [0.5, 0.6) is 0 Å². The van der Waals surface area contributed by atoms with Crippen molar-refractivity contribution in [3.8, 4) is 11.8 Å². The molecule has 1 aromatic carbocycles. The Morgan fingerprint density at radius 2 is 1.82 bits per heavy atom. The number of rotatable bonds is 6.